The molecule has 0 radical (unpaired) electrons. The lowest BCUT2D eigenvalue weighted by Crippen LogP contribution is -2.46. The van der Waals surface area contributed by atoms with Crippen LogP contribution in [0.5, 0.6) is 57.5 Å². The van der Waals surface area contributed by atoms with Crippen LogP contribution >= 0.6 is 0 Å². The normalized spacial score (nSPS) is 51.9. The third-order valence-electron chi connectivity index (χ3n) is 17.8. The summed E-state index contributed by atoms with van der Waals surface area (Å²) < 4.78 is 833. The number of fused-ring (bicyclic) bond motifs is 15. The number of methoxy groups -OCH3 is 10. The van der Waals surface area contributed by atoms with Crippen molar-refractivity contribution in [2.45, 2.75) is 214 Å². The van der Waals surface area contributed by atoms with E-state index in [9.17, 15) is 28.1 Å². The first-order valence-corrected chi connectivity index (χ1v) is 34.7. The van der Waals surface area contributed by atoms with Crippen molar-refractivity contribution in [3.05, 3.63) is 116 Å². The van der Waals surface area contributed by atoms with Gasteiger partial charge in [-0.25, -0.2) is 0 Å². The maximum absolute atomic E-state index is 14.1. The standard InChI is InChI=1S/3C20H29NO3.2C19H27NO3/c3*1-5-13(2)8-15-12-21-7-6-14-9-19(23-3)20(24-4)10-16(14)17(21)11-18(15)22;2*1-12(2)7-14-11-20-6-5-13-8-18(22-3)19(23-4)9-15(13)16(20)10-17(14)21/h3*9-10,13,15,17H,5-8,11-12H2,1-4H3;2*8-9,12,14,16H,5-7,10-11H2,1-4H3/i2D3,3D3,4D3,5D2,6D2,7D2,8D2,11D2,12D2,13D,15D,17D;2D3,3D3,4D3,5D2,6D2,7D2,8D2,11D2,13D,15D,17D;2D3,3D3,4D3,5D2,6D2,7D2,8D2,12D2,13D,17D;3D3,4D3,5D2,6D2,10D2,11D2,14D,16D;3D3,4D3,5D2,6D2,11D2,16D. The fourth-order valence-electron chi connectivity index (χ4n) is 12.2. The average molecular weight is 1730 g/mol. The summed E-state index contributed by atoms with van der Waals surface area (Å²) in [5.41, 5.74) is -8.99. The van der Waals surface area contributed by atoms with Crippen molar-refractivity contribution < 1.29 is 203 Å². The Balaban J connectivity index is 0.000000245. The Morgan fingerprint density at radius 3 is 0.983 bits per heavy atom. The molecule has 10 aliphatic heterocycles. The molecule has 118 heavy (non-hydrogen) atoms. The Kier molecular flexibility index (Phi) is 9.94. The zero-order chi connectivity index (χ0) is 169. The average Bonchev–Trinajstić information content (AvgIpc) is 0.632. The van der Waals surface area contributed by atoms with Crippen molar-refractivity contribution in [3.8, 4) is 57.5 Å². The van der Waals surface area contributed by atoms with E-state index >= 15 is 0 Å². The number of rotatable bonds is 23. The monoisotopic (exact) mass is 1720 g/mol. The van der Waals surface area contributed by atoms with Crippen LogP contribution < -0.4 is 47.4 Å². The molecule has 20 heteroatoms. The highest BCUT2D eigenvalue weighted by molar-refractivity contribution is 5.86. The summed E-state index contributed by atoms with van der Waals surface area (Å²) in [4.78, 5) is 67.8. The number of ether oxygens (including phenoxy) is 10. The Morgan fingerprint density at radius 2 is 0.636 bits per heavy atom. The Bertz CT molecular complexity index is 8720. The number of ketones is 5. The minimum Gasteiger partial charge on any atom is -0.493 e. The zero-order valence-corrected chi connectivity index (χ0v) is 63.0. The highest BCUT2D eigenvalue weighted by Gasteiger charge is 2.45. The van der Waals surface area contributed by atoms with E-state index in [0.717, 1.165) is 12.1 Å². The maximum atomic E-state index is 14.1. The molecule has 10 heterocycles. The predicted molar refractivity (Wildman–Crippen MR) is 465 cm³/mol. The van der Waals surface area contributed by atoms with Gasteiger partial charge in [-0.1, -0.05) is 88.1 Å². The molecule has 0 aliphatic carbocycles. The largest absolute Gasteiger partial charge is 0.493 e. The number of aryl methyl sites for hydroxylation is 5. The summed E-state index contributed by atoms with van der Waals surface area (Å²) in [7, 11) is -32.8. The molecule has 5 aromatic rings. The van der Waals surface area contributed by atoms with E-state index in [4.69, 9.17) is 175 Å². The predicted octanol–water partition coefficient (Wildman–Crippen LogP) is 17.4. The molecule has 0 spiro atoms. The van der Waals surface area contributed by atoms with Crippen molar-refractivity contribution in [3.63, 3.8) is 0 Å². The molecule has 5 aromatic carbocycles. The topological polar surface area (TPSA) is 194 Å². The van der Waals surface area contributed by atoms with Gasteiger partial charge in [-0.15, -0.1) is 0 Å². The van der Waals surface area contributed by atoms with Crippen LogP contribution in [0.3, 0.4) is 0 Å². The van der Waals surface area contributed by atoms with Crippen molar-refractivity contribution in [1.82, 2.24) is 24.5 Å². The van der Waals surface area contributed by atoms with E-state index in [-0.39, 0.29) is 33.1 Å². The number of piperidine rings is 5. The Morgan fingerprint density at radius 1 is 0.356 bits per heavy atom. The van der Waals surface area contributed by atoms with Crippen LogP contribution in [0.2, 0.25) is 0 Å². The van der Waals surface area contributed by atoms with Gasteiger partial charge in [0.15, 0.2) is 57.5 Å². The van der Waals surface area contributed by atoms with Crippen LogP contribution in [-0.2, 0) is 55.8 Å². The van der Waals surface area contributed by atoms with Gasteiger partial charge in [0.1, 0.15) is 28.9 Å². The second kappa shape index (κ2) is 41.7. The lowest BCUT2D eigenvalue weighted by Gasteiger charge is -2.43. The van der Waals surface area contributed by atoms with Crippen LogP contribution in [0.4, 0.5) is 0 Å². The minimum atomic E-state index is -4.67. The molecular formula is C98H141N5O15. The van der Waals surface area contributed by atoms with E-state index in [1.165, 1.54) is 13.8 Å². The minimum absolute atomic E-state index is 0.0309. The van der Waals surface area contributed by atoms with E-state index in [0.29, 0.717) is 68.1 Å². The lowest BCUT2D eigenvalue weighted by atomic mass is 9.79. The molecule has 5 saturated heterocycles. The molecule has 13 unspecified atom stereocenters. The summed E-state index contributed by atoms with van der Waals surface area (Å²) in [6.45, 7) is -39.0. The van der Waals surface area contributed by atoms with Gasteiger partial charge in [-0.2, -0.15) is 0 Å². The molecule has 13 atom stereocenters. The molecule has 20 nitrogen and oxygen atoms in total. The lowest BCUT2D eigenvalue weighted by molar-refractivity contribution is -0.130. The molecule has 648 valence electrons. The third-order valence-corrected chi connectivity index (χ3v) is 17.8. The van der Waals surface area contributed by atoms with Gasteiger partial charge in [0.2, 0.25) is 0 Å². The summed E-state index contributed by atoms with van der Waals surface area (Å²) >= 11 is 0. The second-order valence-corrected chi connectivity index (χ2v) is 26.2. The summed E-state index contributed by atoms with van der Waals surface area (Å²) in [5.74, 6) is -47.1. The molecule has 10 aliphatic rings. The van der Waals surface area contributed by atoms with Gasteiger partial charge in [-0.05, 0) is 210 Å². The molecule has 0 saturated carbocycles. The molecule has 5 fully saturated rings. The van der Waals surface area contributed by atoms with E-state index in [1.54, 1.807) is 13.8 Å². The smallest absolute Gasteiger partial charge is 0.161 e. The zero-order valence-electron chi connectivity index (χ0n) is 159. The number of hydrogen-bond donors (Lipinski definition) is 0. The summed E-state index contributed by atoms with van der Waals surface area (Å²) in [6.07, 6.45) is -54.8. The van der Waals surface area contributed by atoms with Gasteiger partial charge < -0.3 is 47.4 Å². The fourth-order valence-corrected chi connectivity index (χ4v) is 12.2. The number of nitrogens with zero attached hydrogens (tertiary/aromatic N) is 5. The van der Waals surface area contributed by atoms with Gasteiger partial charge in [-0.3, -0.25) is 48.5 Å². The van der Waals surface area contributed by atoms with Gasteiger partial charge >= 0.3 is 0 Å². The van der Waals surface area contributed by atoms with Crippen LogP contribution in [0.1, 0.15) is 369 Å². The highest BCUT2D eigenvalue weighted by atomic mass is 16.5. The second-order valence-electron chi connectivity index (χ2n) is 26.2. The molecule has 0 amide bonds. The van der Waals surface area contributed by atoms with Crippen LogP contribution in [-0.4, -0.2) is 189 Å². The number of hydrogen-bond acceptors (Lipinski definition) is 20. The first-order valence-electron chi connectivity index (χ1n) is 82.7. The number of carbonyl (C=O) groups is 5. The van der Waals surface area contributed by atoms with Crippen molar-refractivity contribution in [2.75, 3.05) is 135 Å². The Labute approximate surface area is 840 Å². The fraction of sp³-hybridized carbons (Fsp3) is 0.643. The van der Waals surface area contributed by atoms with Crippen molar-refractivity contribution in [1.29, 1.82) is 0 Å². The van der Waals surface area contributed by atoms with E-state index in [1.807, 2.05) is 0 Å². The molecular weight excluding hydrogens is 1490 g/mol. The first kappa shape index (κ1) is 28.1. The molecule has 0 bridgehead atoms. The Hall–Kier alpha value is -7.75. The van der Waals surface area contributed by atoms with Crippen molar-refractivity contribution in [2.24, 2.45) is 59.0 Å². The number of Topliss-reactive ketones (excluding diaryl/α,β-unsaturated/α-hetero) is 5. The quantitative estimate of drug-likeness (QED) is 0.0598. The van der Waals surface area contributed by atoms with Crippen LogP contribution in [0, 0.1) is 59.0 Å². The molecule has 0 aromatic heterocycles. The summed E-state index contributed by atoms with van der Waals surface area (Å²) in [5, 5.41) is 0. The maximum Gasteiger partial charge on any atom is 0.161 e. The van der Waals surface area contributed by atoms with Crippen LogP contribution in [0.15, 0.2) is 60.7 Å². The number of carbonyl (C=O) groups excluding carboxylic acids is 5. The molecule has 15 rings (SSSR count). The van der Waals surface area contributed by atoms with E-state index in [2.05, 4.69) is 0 Å². The van der Waals surface area contributed by atoms with Gasteiger partial charge in [0, 0.05) is 240 Å². The summed E-state index contributed by atoms with van der Waals surface area (Å²) in [6, 6.07) is -11.2. The van der Waals surface area contributed by atoms with Gasteiger partial charge in [0.05, 0.1) is 118 Å². The van der Waals surface area contributed by atoms with Crippen molar-refractivity contribution >= 4 is 28.9 Å². The number of benzene rings is 5. The SMILES string of the molecule is [2H]C([2H])([2H])Oc1cc2c(cc1OC([2H])([2H])[2H])C([2H])([2H])C([2H])([2H])N1C2([2H])CC(=O)C(C([2H])([2H])C([2H])(C([2H])([2H])[2H])C([2H])([2H])C)C1([2H])[2H].[2H]C([2H])([2H])Oc1cc2c(cc1OC([2H])([2H])[2H])C([2H])([2H])C([2H])([2H])N1C2([2H])CC(=O)C(CC(C)C)C1([2H])[2H].[2H]C([2H])([2H])Oc1cc2c(cc1OC([2H])([2H])[2H])C1([2H])N(C([2H])([2H])C([2H])(CC(C)C)C(=O)C1([2H])[2H])C([2H])([2H])C2([2H])[2H].[2H]C([2H])([2H])Oc1cc2c(cc1OC([2H])([2H])[2H])C1([2H])N(C([2H])([2H])C2([2H])[2H])C([2H])([2H])C([2H])(C([2H])([2H])C([2H])(C([2H])([2H])[2H])C([2H])([2H])C)C(=O)C1([2H])[2H].[2H]C([2H])([2H])Oc1cc2c(cc1OC([2H])([2H])[2H])C1([2H])N(CC([2H])(C([2H])([2H])C([2H])(C([2H])([2H])[2H])C([2H])([2H])C)C(=O)C1([2H])[2H])C([2H])([2H])C2([2H])[2H]. The first-order chi connectivity index (χ1) is 93.1. The third kappa shape index (κ3) is 21.0. The van der Waals surface area contributed by atoms with E-state index < -0.39 is 495 Å². The highest BCUT2D eigenvalue weighted by Crippen LogP contribution is 2.49. The van der Waals surface area contributed by atoms with Crippen LogP contribution in [0.25, 0.3) is 0 Å². The molecule has 0 N–H and O–H groups in total. The van der Waals surface area contributed by atoms with Gasteiger partial charge in [0.25, 0.3) is 0 Å².